The van der Waals surface area contributed by atoms with E-state index in [-0.39, 0.29) is 10.6 Å². The third-order valence-electron chi connectivity index (χ3n) is 2.63. The van der Waals surface area contributed by atoms with Crippen molar-refractivity contribution < 1.29 is 4.92 Å². The molecule has 1 aromatic carbocycles. The largest absolute Gasteiger partial charge is 0.378 e. The average molecular weight is 246 g/mol. The zero-order valence-electron chi connectivity index (χ0n) is 10.0. The van der Waals surface area contributed by atoms with Gasteiger partial charge in [-0.25, -0.2) is 0 Å². The molecule has 18 heavy (non-hydrogen) atoms. The van der Waals surface area contributed by atoms with Crippen LogP contribution in [0.5, 0.6) is 0 Å². The molecule has 0 unspecified atom stereocenters. The summed E-state index contributed by atoms with van der Waals surface area (Å²) >= 11 is 0. The van der Waals surface area contributed by atoms with Gasteiger partial charge >= 0.3 is 5.69 Å². The molecule has 6 nitrogen and oxygen atoms in total. The monoisotopic (exact) mass is 246 g/mol. The molecular formula is C12H14N4O2. The maximum Gasteiger partial charge on any atom is 0.301 e. The van der Waals surface area contributed by atoms with Crippen LogP contribution >= 0.6 is 0 Å². The molecule has 0 fully saturated rings. The molecule has 2 N–H and O–H groups in total. The molecule has 2 aromatic rings. The summed E-state index contributed by atoms with van der Waals surface area (Å²) in [5, 5.41) is 17.8. The highest BCUT2D eigenvalue weighted by Gasteiger charge is 2.18. The third-order valence-corrected chi connectivity index (χ3v) is 2.63. The maximum atomic E-state index is 11.2. The first-order chi connectivity index (χ1) is 8.74. The number of nitro groups is 1. The number of anilines is 1. The number of nitrogens with one attached hydrogen (secondary N) is 2. The second-order valence-electron chi connectivity index (χ2n) is 3.82. The quantitative estimate of drug-likeness (QED) is 0.477. The first-order valence-electron chi connectivity index (χ1n) is 5.64. The predicted molar refractivity (Wildman–Crippen MR) is 70.8 cm³/mol. The van der Waals surface area contributed by atoms with Gasteiger partial charge in [-0.1, -0.05) is 0 Å². The van der Waals surface area contributed by atoms with Crippen molar-refractivity contribution in [2.24, 2.45) is 0 Å². The van der Waals surface area contributed by atoms with Crippen molar-refractivity contribution in [2.45, 2.75) is 0 Å². The van der Waals surface area contributed by atoms with Crippen molar-refractivity contribution in [3.63, 3.8) is 0 Å². The van der Waals surface area contributed by atoms with Gasteiger partial charge in [0.1, 0.15) is 5.69 Å². The van der Waals surface area contributed by atoms with Crippen LogP contribution in [-0.4, -0.2) is 30.0 Å². The van der Waals surface area contributed by atoms with Crippen LogP contribution in [-0.2, 0) is 0 Å². The number of pyridine rings is 1. The lowest BCUT2D eigenvalue weighted by atomic mass is 10.1. The van der Waals surface area contributed by atoms with Gasteiger partial charge in [0, 0.05) is 19.3 Å². The van der Waals surface area contributed by atoms with Crippen molar-refractivity contribution in [3.8, 4) is 0 Å². The first kappa shape index (κ1) is 12.3. The number of hydrogen-bond acceptors (Lipinski definition) is 5. The molecule has 0 saturated heterocycles. The van der Waals surface area contributed by atoms with E-state index < -0.39 is 0 Å². The van der Waals surface area contributed by atoms with E-state index >= 15 is 0 Å². The number of likely N-dealkylation sites (N-methyl/N-ethyl adjacent to an activating group) is 1. The Hall–Kier alpha value is -2.21. The van der Waals surface area contributed by atoms with Crippen molar-refractivity contribution in [1.82, 2.24) is 10.3 Å². The van der Waals surface area contributed by atoms with E-state index in [4.69, 9.17) is 0 Å². The molecule has 0 saturated carbocycles. The molecule has 2 rings (SSSR count). The zero-order valence-corrected chi connectivity index (χ0v) is 10.0. The van der Waals surface area contributed by atoms with Gasteiger partial charge in [-0.05, 0) is 31.3 Å². The number of benzene rings is 1. The Morgan fingerprint density at radius 3 is 2.89 bits per heavy atom. The van der Waals surface area contributed by atoms with Gasteiger partial charge in [-0.2, -0.15) is 0 Å². The van der Waals surface area contributed by atoms with Gasteiger partial charge < -0.3 is 10.6 Å². The fraction of sp³-hybridized carbons (Fsp3) is 0.250. The van der Waals surface area contributed by atoms with E-state index in [0.29, 0.717) is 23.1 Å². The molecule has 0 amide bonds. The van der Waals surface area contributed by atoms with Crippen molar-refractivity contribution in [1.29, 1.82) is 0 Å². The molecule has 1 heterocycles. The number of hydrogen-bond donors (Lipinski definition) is 2. The summed E-state index contributed by atoms with van der Waals surface area (Å²) in [5.41, 5.74) is 1.23. The van der Waals surface area contributed by atoms with E-state index in [1.807, 2.05) is 7.05 Å². The van der Waals surface area contributed by atoms with E-state index in [1.165, 1.54) is 0 Å². The molecule has 0 bridgehead atoms. The maximum absolute atomic E-state index is 11.2. The molecule has 0 spiro atoms. The third kappa shape index (κ3) is 2.38. The summed E-state index contributed by atoms with van der Waals surface area (Å²) in [4.78, 5) is 14.9. The van der Waals surface area contributed by atoms with Crippen molar-refractivity contribution in [2.75, 3.05) is 25.5 Å². The predicted octanol–water partition coefficient (Wildman–Crippen LogP) is 1.77. The molecule has 0 aliphatic rings. The molecule has 0 aliphatic carbocycles. The minimum atomic E-state index is -0.369. The highest BCUT2D eigenvalue weighted by molar-refractivity contribution is 5.94. The number of rotatable bonds is 5. The number of fused-ring (bicyclic) bond motifs is 1. The Balaban J connectivity index is 2.46. The molecule has 6 heteroatoms. The Bertz CT molecular complexity index is 571. The van der Waals surface area contributed by atoms with E-state index in [9.17, 15) is 10.1 Å². The van der Waals surface area contributed by atoms with Gasteiger partial charge in [0.05, 0.1) is 15.8 Å². The molecule has 1 aromatic heterocycles. The van der Waals surface area contributed by atoms with Gasteiger partial charge in [0.2, 0.25) is 0 Å². The van der Waals surface area contributed by atoms with Crippen LogP contribution < -0.4 is 10.6 Å². The summed E-state index contributed by atoms with van der Waals surface area (Å²) in [6.45, 7) is 1.37. The zero-order chi connectivity index (χ0) is 13.0. The molecule has 94 valence electrons. The van der Waals surface area contributed by atoms with Crippen molar-refractivity contribution in [3.05, 3.63) is 40.6 Å². The van der Waals surface area contributed by atoms with Gasteiger partial charge in [-0.3, -0.25) is 15.1 Å². The summed E-state index contributed by atoms with van der Waals surface area (Å²) in [6, 6.07) is 6.89. The first-order valence-corrected chi connectivity index (χ1v) is 5.64. The average Bonchev–Trinajstić information content (AvgIpc) is 2.38. The molecule has 0 atom stereocenters. The lowest BCUT2D eigenvalue weighted by Gasteiger charge is -2.08. The highest BCUT2D eigenvalue weighted by Crippen LogP contribution is 2.32. The summed E-state index contributed by atoms with van der Waals surface area (Å²) in [7, 11) is 1.83. The lowest BCUT2D eigenvalue weighted by molar-refractivity contribution is -0.382. The van der Waals surface area contributed by atoms with E-state index in [1.54, 1.807) is 30.5 Å². The molecule has 0 radical (unpaired) electrons. The van der Waals surface area contributed by atoms with Crippen LogP contribution in [0.3, 0.4) is 0 Å². The van der Waals surface area contributed by atoms with Gasteiger partial charge in [0.15, 0.2) is 0 Å². The normalized spacial score (nSPS) is 10.5. The Morgan fingerprint density at radius 1 is 1.33 bits per heavy atom. The standard InChI is InChI=1S/C12H14N4O2/c1-13-7-8-15-11-5-4-10-9(3-2-6-14-10)12(11)16(17)18/h2-6,13,15H,7-8H2,1H3. The Kier molecular flexibility index (Phi) is 3.69. The fourth-order valence-corrected chi connectivity index (χ4v) is 1.80. The summed E-state index contributed by atoms with van der Waals surface area (Å²) in [5.74, 6) is 0. The second kappa shape index (κ2) is 5.42. The lowest BCUT2D eigenvalue weighted by Crippen LogP contribution is -2.18. The summed E-state index contributed by atoms with van der Waals surface area (Å²) in [6.07, 6.45) is 1.63. The topological polar surface area (TPSA) is 80.1 Å². The molecular weight excluding hydrogens is 232 g/mol. The SMILES string of the molecule is CNCCNc1ccc2ncccc2c1[N+](=O)[O-]. The number of nitrogens with zero attached hydrogens (tertiary/aromatic N) is 2. The number of nitro benzene ring substituents is 1. The molecule has 0 aliphatic heterocycles. The van der Waals surface area contributed by atoms with Crippen molar-refractivity contribution >= 4 is 22.3 Å². The highest BCUT2D eigenvalue weighted by atomic mass is 16.6. The Labute approximate surface area is 104 Å². The van der Waals surface area contributed by atoms with E-state index in [0.717, 1.165) is 6.54 Å². The van der Waals surface area contributed by atoms with Crippen LogP contribution in [0.25, 0.3) is 10.9 Å². The van der Waals surface area contributed by atoms with Gasteiger partial charge in [0.25, 0.3) is 0 Å². The number of aromatic nitrogens is 1. The van der Waals surface area contributed by atoms with Gasteiger partial charge in [-0.15, -0.1) is 0 Å². The summed E-state index contributed by atoms with van der Waals surface area (Å²) < 4.78 is 0. The minimum Gasteiger partial charge on any atom is -0.378 e. The Morgan fingerprint density at radius 2 is 2.17 bits per heavy atom. The van der Waals surface area contributed by atoms with E-state index in [2.05, 4.69) is 15.6 Å². The van der Waals surface area contributed by atoms with Crippen LogP contribution in [0.4, 0.5) is 11.4 Å². The van der Waals surface area contributed by atoms with Crippen LogP contribution in [0.2, 0.25) is 0 Å². The van der Waals surface area contributed by atoms with Crippen LogP contribution in [0.1, 0.15) is 0 Å². The van der Waals surface area contributed by atoms with Crippen LogP contribution in [0.15, 0.2) is 30.5 Å². The smallest absolute Gasteiger partial charge is 0.301 e. The second-order valence-corrected chi connectivity index (χ2v) is 3.82. The van der Waals surface area contributed by atoms with Crippen LogP contribution in [0, 0.1) is 10.1 Å². The fourth-order valence-electron chi connectivity index (χ4n) is 1.80. The minimum absolute atomic E-state index is 0.0803.